The summed E-state index contributed by atoms with van der Waals surface area (Å²) in [7, 11) is -4.09. The van der Waals surface area contributed by atoms with Crippen molar-refractivity contribution < 1.29 is 56.3 Å². The van der Waals surface area contributed by atoms with Crippen molar-refractivity contribution in [2.24, 2.45) is 11.8 Å². The SMILES string of the molecule is CC(C)CN(C[C@@H](O)[C@H](Cc1ccc(OCC(=O)N2CCOCC2)cc1)NC(=O)O[C@H]1CO[C@H]2COC[C@H]21)S(=O)(=O)c1ccc2c(c1)OCO2. The van der Waals surface area contributed by atoms with Crippen LogP contribution in [0.1, 0.15) is 19.4 Å². The van der Waals surface area contributed by atoms with Gasteiger partial charge in [-0.25, -0.2) is 13.2 Å². The van der Waals surface area contributed by atoms with E-state index in [2.05, 4.69) is 5.32 Å². The van der Waals surface area contributed by atoms with E-state index < -0.39 is 34.4 Å². The average molecular weight is 720 g/mol. The number of ether oxygens (including phenoxy) is 7. The largest absolute Gasteiger partial charge is 0.484 e. The van der Waals surface area contributed by atoms with E-state index in [0.29, 0.717) is 56.8 Å². The van der Waals surface area contributed by atoms with Crippen LogP contribution in [0, 0.1) is 11.8 Å². The number of carbonyl (C=O) groups excluding carboxylic acids is 2. The number of hydrogen-bond acceptors (Lipinski definition) is 12. The summed E-state index contributed by atoms with van der Waals surface area (Å²) in [5.74, 6) is 0.960. The van der Waals surface area contributed by atoms with Crippen LogP contribution in [-0.4, -0.2) is 132 Å². The van der Waals surface area contributed by atoms with Crippen LogP contribution in [0.25, 0.3) is 0 Å². The van der Waals surface area contributed by atoms with Crippen molar-refractivity contribution in [3.8, 4) is 17.2 Å². The van der Waals surface area contributed by atoms with Gasteiger partial charge in [-0.1, -0.05) is 26.0 Å². The Hall–Kier alpha value is -3.67. The Labute approximate surface area is 291 Å². The first-order valence-electron chi connectivity index (χ1n) is 16.9. The molecular formula is C34H45N3O12S. The summed E-state index contributed by atoms with van der Waals surface area (Å²) < 4.78 is 67.7. The number of benzene rings is 2. The molecule has 0 radical (unpaired) electrons. The van der Waals surface area contributed by atoms with E-state index in [-0.39, 0.29) is 68.3 Å². The molecule has 4 aliphatic heterocycles. The minimum Gasteiger partial charge on any atom is -0.484 e. The lowest BCUT2D eigenvalue weighted by Crippen LogP contribution is -2.51. The first-order chi connectivity index (χ1) is 24.1. The number of nitrogens with one attached hydrogen (secondary N) is 1. The number of aliphatic hydroxyl groups excluding tert-OH is 1. The van der Waals surface area contributed by atoms with E-state index in [9.17, 15) is 23.1 Å². The molecule has 3 fully saturated rings. The summed E-state index contributed by atoms with van der Waals surface area (Å²) >= 11 is 0. The Bertz CT molecular complexity index is 1580. The third-order valence-electron chi connectivity index (χ3n) is 9.09. The molecule has 0 aromatic heterocycles. The van der Waals surface area contributed by atoms with Crippen LogP contribution >= 0.6 is 0 Å². The number of sulfonamides is 1. The molecule has 0 spiro atoms. The molecule has 0 bridgehead atoms. The van der Waals surface area contributed by atoms with E-state index in [1.165, 1.54) is 22.5 Å². The minimum atomic E-state index is -4.09. The second-order valence-electron chi connectivity index (χ2n) is 13.2. The number of hydrogen-bond donors (Lipinski definition) is 2. The van der Waals surface area contributed by atoms with Crippen molar-refractivity contribution in [2.75, 3.05) is 72.6 Å². The lowest BCUT2D eigenvalue weighted by molar-refractivity contribution is -0.137. The van der Waals surface area contributed by atoms with Crippen molar-refractivity contribution in [2.45, 2.75) is 49.5 Å². The van der Waals surface area contributed by atoms with Gasteiger partial charge in [0.05, 0.1) is 62.1 Å². The molecule has 2 aromatic rings. The molecule has 0 saturated carbocycles. The fourth-order valence-corrected chi connectivity index (χ4v) is 8.00. The molecule has 274 valence electrons. The summed E-state index contributed by atoms with van der Waals surface area (Å²) in [6.07, 6.45) is -2.61. The van der Waals surface area contributed by atoms with Crippen molar-refractivity contribution in [1.29, 1.82) is 0 Å². The number of rotatable bonds is 14. The van der Waals surface area contributed by atoms with E-state index in [4.69, 9.17) is 33.2 Å². The Morgan fingerprint density at radius 2 is 1.76 bits per heavy atom. The zero-order valence-electron chi connectivity index (χ0n) is 28.2. The third kappa shape index (κ3) is 8.79. The van der Waals surface area contributed by atoms with Gasteiger partial charge >= 0.3 is 6.09 Å². The number of nitrogens with zero attached hydrogens (tertiary/aromatic N) is 2. The Balaban J connectivity index is 1.16. The molecule has 50 heavy (non-hydrogen) atoms. The number of aliphatic hydroxyl groups is 1. The molecule has 0 unspecified atom stereocenters. The van der Waals surface area contributed by atoms with Gasteiger partial charge in [-0.3, -0.25) is 4.79 Å². The normalized spacial score (nSPS) is 22.7. The molecule has 0 aliphatic carbocycles. The van der Waals surface area contributed by atoms with E-state index >= 15 is 0 Å². The van der Waals surface area contributed by atoms with Gasteiger partial charge in [0.1, 0.15) is 11.9 Å². The summed E-state index contributed by atoms with van der Waals surface area (Å²) in [6, 6.07) is 10.4. The summed E-state index contributed by atoms with van der Waals surface area (Å²) in [5.41, 5.74) is 0.726. The number of amides is 2. The molecule has 16 heteroatoms. The monoisotopic (exact) mass is 719 g/mol. The first-order valence-corrected chi connectivity index (χ1v) is 18.3. The van der Waals surface area contributed by atoms with Crippen molar-refractivity contribution >= 4 is 22.0 Å². The second kappa shape index (κ2) is 16.1. The Kier molecular flexibility index (Phi) is 11.7. The number of carbonyl (C=O) groups is 2. The number of morpholine rings is 1. The van der Waals surface area contributed by atoms with Gasteiger partial charge in [-0.15, -0.1) is 0 Å². The number of fused-ring (bicyclic) bond motifs is 2. The van der Waals surface area contributed by atoms with Gasteiger partial charge in [0, 0.05) is 32.2 Å². The van der Waals surface area contributed by atoms with Crippen molar-refractivity contribution in [1.82, 2.24) is 14.5 Å². The first kappa shape index (κ1) is 36.1. The van der Waals surface area contributed by atoms with E-state index in [1.807, 2.05) is 13.8 Å². The second-order valence-corrected chi connectivity index (χ2v) is 15.1. The van der Waals surface area contributed by atoms with Gasteiger partial charge in [0.2, 0.25) is 16.8 Å². The topological polar surface area (TPSA) is 172 Å². The fourth-order valence-electron chi connectivity index (χ4n) is 6.36. The van der Waals surface area contributed by atoms with Crippen molar-refractivity contribution in [3.05, 3.63) is 48.0 Å². The van der Waals surface area contributed by atoms with Gasteiger partial charge in [-0.05, 0) is 42.2 Å². The van der Waals surface area contributed by atoms with Crippen molar-refractivity contribution in [3.63, 3.8) is 0 Å². The van der Waals surface area contributed by atoms with Crippen LogP contribution in [0.2, 0.25) is 0 Å². The Morgan fingerprint density at radius 3 is 2.52 bits per heavy atom. The van der Waals surface area contributed by atoms with Crippen LogP contribution in [0.5, 0.6) is 17.2 Å². The van der Waals surface area contributed by atoms with Gasteiger partial charge in [-0.2, -0.15) is 4.31 Å². The molecular weight excluding hydrogens is 674 g/mol. The minimum absolute atomic E-state index is 0.00220. The molecule has 15 nitrogen and oxygen atoms in total. The highest BCUT2D eigenvalue weighted by atomic mass is 32.2. The third-order valence-corrected chi connectivity index (χ3v) is 10.9. The van der Waals surface area contributed by atoms with E-state index in [0.717, 1.165) is 5.56 Å². The van der Waals surface area contributed by atoms with Crippen LogP contribution in [0.15, 0.2) is 47.4 Å². The Morgan fingerprint density at radius 1 is 1.00 bits per heavy atom. The van der Waals surface area contributed by atoms with Crippen LogP contribution < -0.4 is 19.5 Å². The average Bonchev–Trinajstić information content (AvgIpc) is 3.86. The summed E-state index contributed by atoms with van der Waals surface area (Å²) in [4.78, 5) is 27.5. The molecule has 4 aliphatic rings. The van der Waals surface area contributed by atoms with Crippen LogP contribution in [0.4, 0.5) is 4.79 Å². The van der Waals surface area contributed by atoms with E-state index in [1.54, 1.807) is 29.2 Å². The smallest absolute Gasteiger partial charge is 0.407 e. The van der Waals surface area contributed by atoms with Crippen LogP contribution in [0.3, 0.4) is 0 Å². The molecule has 5 atom stereocenters. The summed E-state index contributed by atoms with van der Waals surface area (Å²) in [5, 5.41) is 14.5. The lowest BCUT2D eigenvalue weighted by atomic mass is 10.0. The standard InChI is InChI=1S/C34H45N3O12S/c1-22(2)15-37(50(41,42)25-7-8-29-30(14-25)48-21-47-29)16-28(38)27(35-34(40)49-32-19-46-31-18-44-17-26(31)32)13-23-3-5-24(6-4-23)45-20-33(39)36-9-11-43-12-10-36/h3-8,14,22,26-28,31-32,38H,9-13,15-21H2,1-2H3,(H,35,40)/t26-,27+,28-,31+,32+/m1/s1. The zero-order chi connectivity index (χ0) is 35.3. The van der Waals surface area contributed by atoms with Gasteiger partial charge < -0.3 is 48.5 Å². The maximum absolute atomic E-state index is 13.9. The fraction of sp³-hybridized carbons (Fsp3) is 0.588. The maximum Gasteiger partial charge on any atom is 0.407 e. The molecule has 2 amide bonds. The summed E-state index contributed by atoms with van der Waals surface area (Å²) in [6.45, 7) is 6.59. The highest BCUT2D eigenvalue weighted by Crippen LogP contribution is 2.35. The predicted molar refractivity (Wildman–Crippen MR) is 176 cm³/mol. The molecule has 4 heterocycles. The maximum atomic E-state index is 13.9. The van der Waals surface area contributed by atoms with Crippen LogP contribution in [-0.2, 0) is 40.2 Å². The molecule has 2 aromatic carbocycles. The highest BCUT2D eigenvalue weighted by Gasteiger charge is 2.44. The lowest BCUT2D eigenvalue weighted by Gasteiger charge is -2.31. The quantitative estimate of drug-likeness (QED) is 0.288. The van der Waals surface area contributed by atoms with Gasteiger partial charge in [0.15, 0.2) is 18.1 Å². The molecule has 2 N–H and O–H groups in total. The molecule has 3 saturated heterocycles. The predicted octanol–water partition coefficient (Wildman–Crippen LogP) is 1.41. The molecule has 6 rings (SSSR count). The zero-order valence-corrected chi connectivity index (χ0v) is 29.0. The number of alkyl carbamates (subject to hydrolysis) is 1. The highest BCUT2D eigenvalue weighted by molar-refractivity contribution is 7.89. The van der Waals surface area contributed by atoms with Gasteiger partial charge in [0.25, 0.3) is 5.91 Å².